The molecule has 0 radical (unpaired) electrons. The van der Waals surface area contributed by atoms with Crippen LogP contribution in [-0.4, -0.2) is 18.6 Å². The van der Waals surface area contributed by atoms with Gasteiger partial charge in [-0.15, -0.1) is 0 Å². The summed E-state index contributed by atoms with van der Waals surface area (Å²) >= 11 is 5.97. The summed E-state index contributed by atoms with van der Waals surface area (Å²) in [7, 11) is 0. The van der Waals surface area contributed by atoms with Gasteiger partial charge in [0.25, 0.3) is 5.91 Å². The highest BCUT2D eigenvalue weighted by Crippen LogP contribution is 2.25. The number of hydrogen-bond donors (Lipinski definition) is 1. The molecule has 0 aliphatic carbocycles. The van der Waals surface area contributed by atoms with Crippen LogP contribution in [0, 0.1) is 0 Å². The van der Waals surface area contributed by atoms with Gasteiger partial charge in [0.05, 0.1) is 16.8 Å². The molecule has 0 fully saturated rings. The van der Waals surface area contributed by atoms with Crippen molar-refractivity contribution >= 4 is 23.2 Å². The van der Waals surface area contributed by atoms with Crippen LogP contribution in [0.25, 0.3) is 0 Å². The van der Waals surface area contributed by atoms with Gasteiger partial charge in [-0.05, 0) is 38.1 Å². The van der Waals surface area contributed by atoms with Crippen LogP contribution < -0.4 is 14.8 Å². The number of hydrogen-bond acceptors (Lipinski definition) is 3. The predicted molar refractivity (Wildman–Crippen MR) is 87.8 cm³/mol. The number of carbonyl (C=O) groups excluding carboxylic acids is 1. The van der Waals surface area contributed by atoms with Gasteiger partial charge in [0.1, 0.15) is 11.5 Å². The molecule has 0 heterocycles. The van der Waals surface area contributed by atoms with Gasteiger partial charge in [0.15, 0.2) is 6.61 Å². The summed E-state index contributed by atoms with van der Waals surface area (Å²) in [5.41, 5.74) is 0.615. The summed E-state index contributed by atoms with van der Waals surface area (Å²) in [6, 6.07) is 14.3. The first-order valence-electron chi connectivity index (χ1n) is 6.99. The second kappa shape index (κ2) is 7.71. The van der Waals surface area contributed by atoms with E-state index in [4.69, 9.17) is 21.1 Å². The van der Waals surface area contributed by atoms with Crippen molar-refractivity contribution < 1.29 is 14.3 Å². The molecule has 1 N–H and O–H groups in total. The fraction of sp³-hybridized carbons (Fsp3) is 0.235. The molecule has 0 aliphatic rings. The second-order valence-corrected chi connectivity index (χ2v) is 5.34. The van der Waals surface area contributed by atoms with E-state index in [2.05, 4.69) is 5.32 Å². The maximum atomic E-state index is 12.0. The van der Waals surface area contributed by atoms with Crippen molar-refractivity contribution in [3.63, 3.8) is 0 Å². The van der Waals surface area contributed by atoms with Gasteiger partial charge in [-0.25, -0.2) is 0 Å². The van der Waals surface area contributed by atoms with Crippen LogP contribution in [0.3, 0.4) is 0 Å². The molecule has 0 saturated heterocycles. The van der Waals surface area contributed by atoms with Crippen LogP contribution in [-0.2, 0) is 4.79 Å². The fourth-order valence-electron chi connectivity index (χ4n) is 1.82. The zero-order valence-corrected chi connectivity index (χ0v) is 13.3. The van der Waals surface area contributed by atoms with E-state index < -0.39 is 0 Å². The van der Waals surface area contributed by atoms with Gasteiger partial charge in [0, 0.05) is 0 Å². The van der Waals surface area contributed by atoms with Crippen LogP contribution in [0.5, 0.6) is 11.5 Å². The number of rotatable bonds is 6. The first-order valence-corrected chi connectivity index (χ1v) is 7.37. The molecule has 2 rings (SSSR count). The Bertz CT molecular complexity index is 643. The second-order valence-electron chi connectivity index (χ2n) is 4.93. The number of benzene rings is 2. The molecule has 0 spiro atoms. The minimum atomic E-state index is -0.278. The van der Waals surface area contributed by atoms with Crippen LogP contribution in [0.1, 0.15) is 13.8 Å². The minimum Gasteiger partial charge on any atom is -0.489 e. The van der Waals surface area contributed by atoms with E-state index in [1.807, 2.05) is 32.0 Å². The summed E-state index contributed by atoms with van der Waals surface area (Å²) in [4.78, 5) is 12.0. The third-order valence-corrected chi connectivity index (χ3v) is 3.03. The lowest BCUT2D eigenvalue weighted by Gasteiger charge is -2.15. The Morgan fingerprint density at radius 1 is 1.09 bits per heavy atom. The van der Waals surface area contributed by atoms with Gasteiger partial charge in [0.2, 0.25) is 0 Å². The van der Waals surface area contributed by atoms with Gasteiger partial charge in [-0.3, -0.25) is 4.79 Å². The zero-order chi connectivity index (χ0) is 15.9. The van der Waals surface area contributed by atoms with Crippen molar-refractivity contribution in [2.45, 2.75) is 20.0 Å². The fourth-order valence-corrected chi connectivity index (χ4v) is 2.01. The maximum Gasteiger partial charge on any atom is 0.262 e. The topological polar surface area (TPSA) is 47.6 Å². The molecule has 0 unspecified atom stereocenters. The van der Waals surface area contributed by atoms with Crippen molar-refractivity contribution in [3.05, 3.63) is 53.6 Å². The molecule has 116 valence electrons. The van der Waals surface area contributed by atoms with E-state index in [1.54, 1.807) is 30.3 Å². The summed E-state index contributed by atoms with van der Waals surface area (Å²) < 4.78 is 11.1. The van der Waals surface area contributed by atoms with Crippen molar-refractivity contribution in [1.82, 2.24) is 0 Å². The zero-order valence-electron chi connectivity index (χ0n) is 12.5. The average molecular weight is 320 g/mol. The molecule has 2 aromatic rings. The Kier molecular flexibility index (Phi) is 5.67. The largest absolute Gasteiger partial charge is 0.489 e. The quantitative estimate of drug-likeness (QED) is 0.870. The van der Waals surface area contributed by atoms with Crippen molar-refractivity contribution in [2.24, 2.45) is 0 Å². The molecule has 5 heteroatoms. The summed E-state index contributed by atoms with van der Waals surface area (Å²) in [6.07, 6.45) is 0.0254. The summed E-state index contributed by atoms with van der Waals surface area (Å²) in [6.45, 7) is 3.73. The molecule has 22 heavy (non-hydrogen) atoms. The van der Waals surface area contributed by atoms with Crippen LogP contribution in [0.2, 0.25) is 5.02 Å². The Hall–Kier alpha value is -2.20. The van der Waals surface area contributed by atoms with Crippen molar-refractivity contribution in [2.75, 3.05) is 11.9 Å². The lowest BCUT2D eigenvalue weighted by Crippen LogP contribution is -2.21. The Morgan fingerprint density at radius 3 is 2.41 bits per heavy atom. The normalized spacial score (nSPS) is 10.4. The molecule has 0 atom stereocenters. The summed E-state index contributed by atoms with van der Waals surface area (Å²) in [5.74, 6) is 0.828. The van der Waals surface area contributed by atoms with Gasteiger partial charge in [-0.1, -0.05) is 35.9 Å². The molecule has 0 bridgehead atoms. The van der Waals surface area contributed by atoms with Crippen LogP contribution in [0.15, 0.2) is 48.5 Å². The molecular formula is C17H18ClNO3. The number of nitrogens with one attached hydrogen (secondary N) is 1. The minimum absolute atomic E-state index is 0.0254. The molecule has 4 nitrogen and oxygen atoms in total. The Morgan fingerprint density at radius 2 is 1.73 bits per heavy atom. The number of amides is 1. The first-order chi connectivity index (χ1) is 10.6. The third kappa shape index (κ3) is 4.67. The van der Waals surface area contributed by atoms with Crippen molar-refractivity contribution in [1.29, 1.82) is 0 Å². The molecule has 1 amide bonds. The highest BCUT2D eigenvalue weighted by molar-refractivity contribution is 6.32. The molecule has 0 aromatic heterocycles. The molecular weight excluding hydrogens is 302 g/mol. The highest BCUT2D eigenvalue weighted by Gasteiger charge is 2.10. The van der Waals surface area contributed by atoms with Gasteiger partial charge >= 0.3 is 0 Å². The van der Waals surface area contributed by atoms with Crippen LogP contribution in [0.4, 0.5) is 5.69 Å². The van der Waals surface area contributed by atoms with Crippen LogP contribution >= 0.6 is 11.6 Å². The van der Waals surface area contributed by atoms with Gasteiger partial charge < -0.3 is 14.8 Å². The average Bonchev–Trinajstić information content (AvgIpc) is 2.48. The van der Waals surface area contributed by atoms with E-state index in [0.717, 1.165) is 0 Å². The molecule has 2 aromatic carbocycles. The number of para-hydroxylation sites is 3. The van der Waals surface area contributed by atoms with E-state index >= 15 is 0 Å². The number of halogens is 1. The Labute approximate surface area is 135 Å². The monoisotopic (exact) mass is 319 g/mol. The number of anilines is 1. The standard InChI is InChI=1S/C17H18ClNO3/c1-12(2)22-16-10-6-4-8-14(16)19-17(20)11-21-15-9-5-3-7-13(15)18/h3-10,12H,11H2,1-2H3,(H,19,20). The number of ether oxygens (including phenoxy) is 2. The molecule has 0 saturated carbocycles. The predicted octanol–water partition coefficient (Wildman–Crippen LogP) is 4.14. The first kappa shape index (κ1) is 16.2. The van der Waals surface area contributed by atoms with Crippen molar-refractivity contribution in [3.8, 4) is 11.5 Å². The van der Waals surface area contributed by atoms with Gasteiger partial charge in [-0.2, -0.15) is 0 Å². The highest BCUT2D eigenvalue weighted by atomic mass is 35.5. The lowest BCUT2D eigenvalue weighted by molar-refractivity contribution is -0.118. The van der Waals surface area contributed by atoms with E-state index in [9.17, 15) is 4.79 Å². The third-order valence-electron chi connectivity index (χ3n) is 2.72. The van der Waals surface area contributed by atoms with E-state index in [-0.39, 0.29) is 18.6 Å². The maximum absolute atomic E-state index is 12.0. The Balaban J connectivity index is 1.96. The number of carbonyl (C=O) groups is 1. The molecule has 0 aliphatic heterocycles. The van der Waals surface area contributed by atoms with E-state index in [0.29, 0.717) is 22.2 Å². The summed E-state index contributed by atoms with van der Waals surface area (Å²) in [5, 5.41) is 3.24. The smallest absolute Gasteiger partial charge is 0.262 e. The lowest BCUT2D eigenvalue weighted by atomic mass is 10.3. The SMILES string of the molecule is CC(C)Oc1ccccc1NC(=O)COc1ccccc1Cl. The van der Waals surface area contributed by atoms with E-state index in [1.165, 1.54) is 0 Å².